The SMILES string of the molecule is CCN(CC(C)C(=O)OC)C(=O)CCc1nc2cc(S(=O)(=O)N(CC)CC)ccc2n1C. The predicted molar refractivity (Wildman–Crippen MR) is 123 cm³/mol. The van der Waals surface area contributed by atoms with Crippen LogP contribution in [-0.2, 0) is 37.8 Å². The molecular weight excluding hydrogens is 432 g/mol. The van der Waals surface area contributed by atoms with Crippen LogP contribution in [0.5, 0.6) is 0 Å². The van der Waals surface area contributed by atoms with E-state index in [-0.39, 0.29) is 23.2 Å². The molecule has 0 N–H and O–H groups in total. The summed E-state index contributed by atoms with van der Waals surface area (Å²) in [6.07, 6.45) is 0.648. The Labute approximate surface area is 190 Å². The van der Waals surface area contributed by atoms with Gasteiger partial charge in [0.1, 0.15) is 5.82 Å². The summed E-state index contributed by atoms with van der Waals surface area (Å²) in [5.41, 5.74) is 1.38. The van der Waals surface area contributed by atoms with Gasteiger partial charge in [-0.2, -0.15) is 4.31 Å². The average molecular weight is 467 g/mol. The van der Waals surface area contributed by atoms with Crippen molar-refractivity contribution in [2.45, 2.75) is 45.4 Å². The molecule has 0 radical (unpaired) electrons. The van der Waals surface area contributed by atoms with Crippen LogP contribution in [0.4, 0.5) is 0 Å². The molecule has 1 atom stereocenters. The number of aromatic nitrogens is 2. The van der Waals surface area contributed by atoms with Gasteiger partial charge in [-0.3, -0.25) is 9.59 Å². The topological polar surface area (TPSA) is 102 Å². The lowest BCUT2D eigenvalue weighted by molar-refractivity contribution is -0.146. The first kappa shape index (κ1) is 25.8. The number of sulfonamides is 1. The molecule has 32 heavy (non-hydrogen) atoms. The number of hydrogen-bond donors (Lipinski definition) is 0. The fourth-order valence-corrected chi connectivity index (χ4v) is 5.20. The van der Waals surface area contributed by atoms with E-state index < -0.39 is 15.9 Å². The van der Waals surface area contributed by atoms with Gasteiger partial charge in [0, 0.05) is 46.1 Å². The van der Waals surface area contributed by atoms with Gasteiger partial charge in [0.2, 0.25) is 15.9 Å². The predicted octanol–water partition coefficient (Wildman–Crippen LogP) is 2.19. The first-order valence-corrected chi connectivity index (χ1v) is 12.4. The Bertz CT molecular complexity index is 1060. The zero-order valence-corrected chi connectivity index (χ0v) is 20.6. The van der Waals surface area contributed by atoms with Crippen molar-refractivity contribution in [3.63, 3.8) is 0 Å². The molecular formula is C22H34N4O5S. The van der Waals surface area contributed by atoms with E-state index >= 15 is 0 Å². The number of carbonyl (C=O) groups is 2. The number of imidazole rings is 1. The van der Waals surface area contributed by atoms with Crippen LogP contribution in [0.15, 0.2) is 23.1 Å². The number of amides is 1. The summed E-state index contributed by atoms with van der Waals surface area (Å²) >= 11 is 0. The van der Waals surface area contributed by atoms with Crippen molar-refractivity contribution in [3.8, 4) is 0 Å². The number of nitrogens with zero attached hydrogens (tertiary/aromatic N) is 4. The largest absolute Gasteiger partial charge is 0.469 e. The quantitative estimate of drug-likeness (QED) is 0.471. The van der Waals surface area contributed by atoms with E-state index in [1.54, 1.807) is 43.9 Å². The Balaban J connectivity index is 2.19. The molecule has 0 spiro atoms. The van der Waals surface area contributed by atoms with Gasteiger partial charge < -0.3 is 14.2 Å². The molecule has 2 rings (SSSR count). The summed E-state index contributed by atoms with van der Waals surface area (Å²) in [6, 6.07) is 4.94. The fourth-order valence-electron chi connectivity index (χ4n) is 3.72. The Morgan fingerprint density at radius 3 is 2.38 bits per heavy atom. The number of carbonyl (C=O) groups excluding carboxylic acids is 2. The van der Waals surface area contributed by atoms with Crippen molar-refractivity contribution in [1.29, 1.82) is 0 Å². The van der Waals surface area contributed by atoms with E-state index in [0.717, 1.165) is 5.52 Å². The maximum atomic E-state index is 12.8. The lowest BCUT2D eigenvalue weighted by atomic mass is 10.1. The number of hydrogen-bond acceptors (Lipinski definition) is 6. The highest BCUT2D eigenvalue weighted by molar-refractivity contribution is 7.89. The van der Waals surface area contributed by atoms with Crippen molar-refractivity contribution < 1.29 is 22.7 Å². The molecule has 0 aliphatic heterocycles. The van der Waals surface area contributed by atoms with E-state index in [4.69, 9.17) is 4.74 Å². The standard InChI is InChI=1S/C22H34N4O5S/c1-7-25(15-16(4)22(28)31-6)21(27)13-12-20-23-18-14-17(10-11-19(18)24(20)5)32(29,30)26(8-2)9-3/h10-11,14,16H,7-9,12-13,15H2,1-6H3. The summed E-state index contributed by atoms with van der Waals surface area (Å²) in [5.74, 6) is -0.115. The normalized spacial score (nSPS) is 12.8. The second-order valence-electron chi connectivity index (χ2n) is 7.68. The number of methoxy groups -OCH3 is 1. The van der Waals surface area contributed by atoms with Crippen LogP contribution in [0, 0.1) is 5.92 Å². The zero-order valence-electron chi connectivity index (χ0n) is 19.8. The molecule has 0 saturated carbocycles. The molecule has 10 heteroatoms. The molecule has 0 fully saturated rings. The van der Waals surface area contributed by atoms with Crippen molar-refractivity contribution in [2.24, 2.45) is 13.0 Å². The van der Waals surface area contributed by atoms with Gasteiger partial charge >= 0.3 is 5.97 Å². The van der Waals surface area contributed by atoms with Crippen molar-refractivity contribution in [2.75, 3.05) is 33.3 Å². The minimum atomic E-state index is -3.57. The average Bonchev–Trinajstić information content (AvgIpc) is 3.10. The van der Waals surface area contributed by atoms with Gasteiger partial charge in [-0.15, -0.1) is 0 Å². The molecule has 1 aromatic carbocycles. The summed E-state index contributed by atoms with van der Waals surface area (Å²) in [5, 5.41) is 0. The molecule has 0 bridgehead atoms. The van der Waals surface area contributed by atoms with E-state index in [1.165, 1.54) is 11.4 Å². The van der Waals surface area contributed by atoms with Gasteiger partial charge in [-0.1, -0.05) is 20.8 Å². The zero-order chi connectivity index (χ0) is 24.1. The Hall–Kier alpha value is -2.46. The van der Waals surface area contributed by atoms with E-state index in [2.05, 4.69) is 4.98 Å². The fraction of sp³-hybridized carbons (Fsp3) is 0.591. The monoisotopic (exact) mass is 466 g/mol. The van der Waals surface area contributed by atoms with Crippen LogP contribution in [0.25, 0.3) is 11.0 Å². The molecule has 0 aliphatic rings. The van der Waals surface area contributed by atoms with Crippen LogP contribution in [-0.4, -0.2) is 72.3 Å². The number of fused-ring (bicyclic) bond motifs is 1. The first-order chi connectivity index (χ1) is 15.1. The second-order valence-corrected chi connectivity index (χ2v) is 9.62. The van der Waals surface area contributed by atoms with Crippen LogP contribution >= 0.6 is 0 Å². The molecule has 1 amide bonds. The van der Waals surface area contributed by atoms with E-state index in [1.807, 2.05) is 18.5 Å². The molecule has 1 unspecified atom stereocenters. The highest BCUT2D eigenvalue weighted by Crippen LogP contribution is 2.23. The lowest BCUT2D eigenvalue weighted by Crippen LogP contribution is -2.37. The minimum absolute atomic E-state index is 0.0693. The number of benzene rings is 1. The Morgan fingerprint density at radius 1 is 1.16 bits per heavy atom. The van der Waals surface area contributed by atoms with Crippen molar-refractivity contribution in [3.05, 3.63) is 24.0 Å². The summed E-state index contributed by atoms with van der Waals surface area (Å²) in [6.45, 7) is 8.81. The van der Waals surface area contributed by atoms with Crippen LogP contribution in [0.3, 0.4) is 0 Å². The lowest BCUT2D eigenvalue weighted by Gasteiger charge is -2.23. The number of esters is 1. The van der Waals surface area contributed by atoms with E-state index in [9.17, 15) is 18.0 Å². The number of ether oxygens (including phenoxy) is 1. The van der Waals surface area contributed by atoms with Gasteiger partial charge in [-0.05, 0) is 25.1 Å². The maximum absolute atomic E-state index is 12.8. The number of rotatable bonds is 11. The number of aryl methyl sites for hydroxylation is 2. The van der Waals surface area contributed by atoms with E-state index in [0.29, 0.717) is 43.9 Å². The molecule has 1 heterocycles. The van der Waals surface area contributed by atoms with Gasteiger partial charge in [0.25, 0.3) is 0 Å². The third-order valence-electron chi connectivity index (χ3n) is 5.68. The smallest absolute Gasteiger partial charge is 0.310 e. The maximum Gasteiger partial charge on any atom is 0.310 e. The molecule has 9 nitrogen and oxygen atoms in total. The molecule has 0 aliphatic carbocycles. The highest BCUT2D eigenvalue weighted by atomic mass is 32.2. The molecule has 2 aromatic rings. The van der Waals surface area contributed by atoms with Gasteiger partial charge in [0.15, 0.2) is 0 Å². The molecule has 178 valence electrons. The minimum Gasteiger partial charge on any atom is -0.469 e. The molecule has 1 aromatic heterocycles. The summed E-state index contributed by atoms with van der Waals surface area (Å²) in [4.78, 5) is 30.8. The van der Waals surface area contributed by atoms with Gasteiger partial charge in [-0.25, -0.2) is 13.4 Å². The Kier molecular flexibility index (Phi) is 8.80. The first-order valence-electron chi connectivity index (χ1n) is 10.9. The Morgan fingerprint density at radius 2 is 1.81 bits per heavy atom. The highest BCUT2D eigenvalue weighted by Gasteiger charge is 2.24. The summed E-state index contributed by atoms with van der Waals surface area (Å²) in [7, 11) is -0.385. The van der Waals surface area contributed by atoms with Crippen molar-refractivity contribution in [1.82, 2.24) is 18.8 Å². The molecule has 0 saturated heterocycles. The van der Waals surface area contributed by atoms with Crippen LogP contribution in [0.2, 0.25) is 0 Å². The van der Waals surface area contributed by atoms with Crippen LogP contribution < -0.4 is 0 Å². The second kappa shape index (κ2) is 10.9. The summed E-state index contributed by atoms with van der Waals surface area (Å²) < 4.78 is 33.7. The van der Waals surface area contributed by atoms with Crippen molar-refractivity contribution >= 4 is 32.9 Å². The van der Waals surface area contributed by atoms with Crippen LogP contribution in [0.1, 0.15) is 39.9 Å². The third kappa shape index (κ3) is 5.47. The third-order valence-corrected chi connectivity index (χ3v) is 7.73. The van der Waals surface area contributed by atoms with Gasteiger partial charge in [0.05, 0.1) is 29.0 Å².